The van der Waals surface area contributed by atoms with E-state index in [0.29, 0.717) is 5.92 Å². The van der Waals surface area contributed by atoms with Crippen LogP contribution in [0.2, 0.25) is 5.02 Å². The molecule has 2 unspecified atom stereocenters. The largest absolute Gasteiger partial charge is 0.117 e. The van der Waals surface area contributed by atoms with Gasteiger partial charge in [0.2, 0.25) is 0 Å². The fourth-order valence-electron chi connectivity index (χ4n) is 2.95. The van der Waals surface area contributed by atoms with E-state index in [-0.39, 0.29) is 5.38 Å². The minimum Gasteiger partial charge on any atom is -0.117 e. The van der Waals surface area contributed by atoms with Crippen LogP contribution in [0.3, 0.4) is 0 Å². The van der Waals surface area contributed by atoms with Crippen LogP contribution in [0, 0.1) is 5.92 Å². The normalized spacial score (nSPS) is 21.6. The van der Waals surface area contributed by atoms with Crippen molar-refractivity contribution in [2.45, 2.75) is 24.6 Å². The molecule has 0 bridgehead atoms. The summed E-state index contributed by atoms with van der Waals surface area (Å²) in [6.07, 6.45) is 3.17. The molecular formula is C17H15BrCl2. The van der Waals surface area contributed by atoms with Gasteiger partial charge in [-0.3, -0.25) is 0 Å². The number of alkyl halides is 1. The van der Waals surface area contributed by atoms with Crippen molar-refractivity contribution in [2.24, 2.45) is 5.92 Å². The Morgan fingerprint density at radius 2 is 1.95 bits per heavy atom. The molecule has 0 N–H and O–H groups in total. The number of hydrogen-bond donors (Lipinski definition) is 0. The highest BCUT2D eigenvalue weighted by atomic mass is 79.9. The molecule has 0 radical (unpaired) electrons. The van der Waals surface area contributed by atoms with Crippen LogP contribution >= 0.6 is 39.1 Å². The molecule has 3 rings (SSSR count). The minimum atomic E-state index is 0.0830. The van der Waals surface area contributed by atoms with Gasteiger partial charge >= 0.3 is 0 Å². The molecule has 0 aliphatic heterocycles. The average Bonchev–Trinajstić information content (AvgIpc) is 2.45. The predicted molar refractivity (Wildman–Crippen MR) is 89.7 cm³/mol. The summed E-state index contributed by atoms with van der Waals surface area (Å²) in [6, 6.07) is 14.6. The summed E-state index contributed by atoms with van der Waals surface area (Å²) in [7, 11) is 0. The third-order valence-electron chi connectivity index (χ3n) is 4.05. The molecule has 0 nitrogen and oxygen atoms in total. The number of hydrogen-bond acceptors (Lipinski definition) is 0. The Bertz CT molecular complexity index is 624. The first-order chi connectivity index (χ1) is 9.65. The fraction of sp³-hybridized carbons (Fsp3) is 0.294. The molecule has 0 saturated carbocycles. The van der Waals surface area contributed by atoms with Crippen molar-refractivity contribution in [2.75, 3.05) is 0 Å². The number of benzene rings is 2. The molecule has 2 aromatic carbocycles. The maximum Gasteiger partial charge on any atom is 0.0619 e. The maximum atomic E-state index is 6.69. The number of halogens is 3. The molecule has 0 spiro atoms. The average molecular weight is 370 g/mol. The van der Waals surface area contributed by atoms with Crippen molar-refractivity contribution < 1.29 is 0 Å². The Kier molecular flexibility index (Phi) is 4.40. The number of rotatable bonds is 2. The van der Waals surface area contributed by atoms with E-state index in [1.165, 1.54) is 16.7 Å². The molecule has 0 heterocycles. The van der Waals surface area contributed by atoms with E-state index in [1.807, 2.05) is 12.1 Å². The van der Waals surface area contributed by atoms with Gasteiger partial charge in [-0.05, 0) is 54.0 Å². The van der Waals surface area contributed by atoms with Crippen LogP contribution in [0.25, 0.3) is 0 Å². The smallest absolute Gasteiger partial charge is 0.0619 e. The zero-order valence-corrected chi connectivity index (χ0v) is 14.0. The molecule has 1 aliphatic carbocycles. The SMILES string of the molecule is Clc1cc(Br)ccc1CC1CCc2ccccc2C1Cl. The van der Waals surface area contributed by atoms with Crippen LogP contribution in [-0.4, -0.2) is 0 Å². The second-order valence-electron chi connectivity index (χ2n) is 5.34. The summed E-state index contributed by atoms with van der Waals surface area (Å²) < 4.78 is 1.02. The van der Waals surface area contributed by atoms with Crippen molar-refractivity contribution in [3.05, 3.63) is 68.7 Å². The predicted octanol–water partition coefficient (Wildman–Crippen LogP) is 6.19. The Morgan fingerprint density at radius 3 is 2.75 bits per heavy atom. The second-order valence-corrected chi connectivity index (χ2v) is 7.13. The van der Waals surface area contributed by atoms with Gasteiger partial charge in [0, 0.05) is 9.50 Å². The van der Waals surface area contributed by atoms with Gasteiger partial charge in [0.05, 0.1) is 5.38 Å². The molecule has 0 amide bonds. The highest BCUT2D eigenvalue weighted by Crippen LogP contribution is 2.41. The summed E-state index contributed by atoms with van der Waals surface area (Å²) in [5.41, 5.74) is 3.87. The van der Waals surface area contributed by atoms with E-state index in [0.717, 1.165) is 28.8 Å². The zero-order valence-electron chi connectivity index (χ0n) is 11.0. The van der Waals surface area contributed by atoms with Gasteiger partial charge in [-0.15, -0.1) is 11.6 Å². The quantitative estimate of drug-likeness (QED) is 0.553. The third kappa shape index (κ3) is 2.90. The van der Waals surface area contributed by atoms with Gasteiger partial charge in [0.15, 0.2) is 0 Å². The van der Waals surface area contributed by atoms with Crippen LogP contribution < -0.4 is 0 Å². The van der Waals surface area contributed by atoms with Crippen molar-refractivity contribution in [1.82, 2.24) is 0 Å². The van der Waals surface area contributed by atoms with Gasteiger partial charge in [-0.2, -0.15) is 0 Å². The molecule has 1 aliphatic rings. The Morgan fingerprint density at radius 1 is 1.15 bits per heavy atom. The minimum absolute atomic E-state index is 0.0830. The van der Waals surface area contributed by atoms with Gasteiger partial charge in [-0.25, -0.2) is 0 Å². The molecule has 3 heteroatoms. The molecule has 0 saturated heterocycles. The van der Waals surface area contributed by atoms with Crippen molar-refractivity contribution in [1.29, 1.82) is 0 Å². The van der Waals surface area contributed by atoms with Crippen molar-refractivity contribution >= 4 is 39.1 Å². The molecule has 0 fully saturated rings. The highest BCUT2D eigenvalue weighted by Gasteiger charge is 2.28. The monoisotopic (exact) mass is 368 g/mol. The summed E-state index contributed by atoms with van der Waals surface area (Å²) in [6.45, 7) is 0. The summed E-state index contributed by atoms with van der Waals surface area (Å²) >= 11 is 16.5. The fourth-order valence-corrected chi connectivity index (χ4v) is 4.13. The third-order valence-corrected chi connectivity index (χ3v) is 5.48. The Balaban J connectivity index is 1.83. The van der Waals surface area contributed by atoms with Crippen LogP contribution in [0.4, 0.5) is 0 Å². The Labute approximate surface area is 138 Å². The van der Waals surface area contributed by atoms with Gasteiger partial charge in [-0.1, -0.05) is 57.9 Å². The molecule has 20 heavy (non-hydrogen) atoms. The van der Waals surface area contributed by atoms with E-state index < -0.39 is 0 Å². The molecule has 104 valence electrons. The van der Waals surface area contributed by atoms with Crippen molar-refractivity contribution in [3.8, 4) is 0 Å². The van der Waals surface area contributed by atoms with Crippen LogP contribution in [-0.2, 0) is 12.8 Å². The summed E-state index contributed by atoms with van der Waals surface area (Å²) in [4.78, 5) is 0. The highest BCUT2D eigenvalue weighted by molar-refractivity contribution is 9.10. The van der Waals surface area contributed by atoms with Crippen molar-refractivity contribution in [3.63, 3.8) is 0 Å². The van der Waals surface area contributed by atoms with E-state index in [1.54, 1.807) is 0 Å². The van der Waals surface area contributed by atoms with E-state index in [2.05, 4.69) is 46.3 Å². The maximum absolute atomic E-state index is 6.69. The standard InChI is InChI=1S/C17H15BrCl2/c18-14-8-7-12(16(19)10-14)9-13-6-5-11-3-1-2-4-15(11)17(13)20/h1-4,7-8,10,13,17H,5-6,9H2. The first kappa shape index (κ1) is 14.4. The second kappa shape index (κ2) is 6.09. The summed E-state index contributed by atoms with van der Waals surface area (Å²) in [5.74, 6) is 0.449. The van der Waals surface area contributed by atoms with Gasteiger partial charge < -0.3 is 0 Å². The molecule has 2 atom stereocenters. The lowest BCUT2D eigenvalue weighted by Gasteiger charge is -2.30. The Hall–Kier alpha value is -0.500. The number of fused-ring (bicyclic) bond motifs is 1. The lowest BCUT2D eigenvalue weighted by Crippen LogP contribution is -2.19. The molecule has 2 aromatic rings. The van der Waals surface area contributed by atoms with Crippen LogP contribution in [0.15, 0.2) is 46.9 Å². The first-order valence-corrected chi connectivity index (χ1v) is 8.41. The van der Waals surface area contributed by atoms with E-state index >= 15 is 0 Å². The van der Waals surface area contributed by atoms with Gasteiger partial charge in [0.25, 0.3) is 0 Å². The van der Waals surface area contributed by atoms with Crippen LogP contribution in [0.5, 0.6) is 0 Å². The first-order valence-electron chi connectivity index (χ1n) is 6.81. The van der Waals surface area contributed by atoms with E-state index in [9.17, 15) is 0 Å². The molecular weight excluding hydrogens is 355 g/mol. The lowest BCUT2D eigenvalue weighted by atomic mass is 9.80. The topological polar surface area (TPSA) is 0 Å². The van der Waals surface area contributed by atoms with Gasteiger partial charge in [0.1, 0.15) is 0 Å². The number of aryl methyl sites for hydroxylation is 1. The summed E-state index contributed by atoms with van der Waals surface area (Å²) in [5, 5.41) is 0.904. The lowest BCUT2D eigenvalue weighted by molar-refractivity contribution is 0.442. The van der Waals surface area contributed by atoms with Crippen LogP contribution in [0.1, 0.15) is 28.5 Å². The zero-order chi connectivity index (χ0) is 14.1. The van der Waals surface area contributed by atoms with E-state index in [4.69, 9.17) is 23.2 Å². The molecule has 0 aromatic heterocycles.